The molecule has 1 fully saturated rings. The van der Waals surface area contributed by atoms with Crippen LogP contribution in [0.5, 0.6) is 0 Å². The second-order valence-corrected chi connectivity index (χ2v) is 6.74. The van der Waals surface area contributed by atoms with Gasteiger partial charge in [-0.15, -0.1) is 5.10 Å². The maximum absolute atomic E-state index is 12.4. The van der Waals surface area contributed by atoms with Gasteiger partial charge in [0.25, 0.3) is 5.91 Å². The van der Waals surface area contributed by atoms with Gasteiger partial charge in [0, 0.05) is 32.7 Å². The van der Waals surface area contributed by atoms with E-state index >= 15 is 0 Å². The van der Waals surface area contributed by atoms with Crippen molar-refractivity contribution in [3.8, 4) is 0 Å². The third-order valence-electron chi connectivity index (χ3n) is 4.70. The van der Waals surface area contributed by atoms with E-state index in [1.165, 1.54) is 17.4 Å². The zero-order chi connectivity index (χ0) is 19.3. The van der Waals surface area contributed by atoms with Crippen molar-refractivity contribution in [2.75, 3.05) is 36.4 Å². The van der Waals surface area contributed by atoms with Gasteiger partial charge in [0.2, 0.25) is 5.95 Å². The monoisotopic (exact) mass is 378 g/mol. The van der Waals surface area contributed by atoms with Crippen LogP contribution < -0.4 is 10.2 Å². The van der Waals surface area contributed by atoms with Crippen LogP contribution in [-0.4, -0.2) is 52.2 Å². The van der Waals surface area contributed by atoms with E-state index in [1.807, 2.05) is 6.07 Å². The highest BCUT2D eigenvalue weighted by molar-refractivity contribution is 5.91. The maximum atomic E-state index is 12.4. The molecule has 8 nitrogen and oxygen atoms in total. The Morgan fingerprint density at radius 3 is 2.79 bits per heavy atom. The number of amides is 1. The molecule has 8 heteroatoms. The molecule has 0 radical (unpaired) electrons. The van der Waals surface area contributed by atoms with E-state index in [-0.39, 0.29) is 5.91 Å². The molecule has 28 heavy (non-hydrogen) atoms. The number of piperazine rings is 1. The van der Waals surface area contributed by atoms with E-state index in [0.29, 0.717) is 44.4 Å². The van der Waals surface area contributed by atoms with Gasteiger partial charge >= 0.3 is 0 Å². The summed E-state index contributed by atoms with van der Waals surface area (Å²) in [6.07, 6.45) is 3.17. The minimum atomic E-state index is -0.0778. The standard InChI is InChI=1S/C20H22N6O2/c1-15-4-2-5-16(12-15)13-21-20-23-18(14-22-24-20)25-7-9-26(10-8-25)19(27)17-6-3-11-28-17/h2-6,11-12,14H,7-10,13H2,1H3,(H,21,23,24). The molecule has 0 spiro atoms. The largest absolute Gasteiger partial charge is 0.459 e. The van der Waals surface area contributed by atoms with Gasteiger partial charge in [-0.3, -0.25) is 4.79 Å². The first-order chi connectivity index (χ1) is 13.7. The van der Waals surface area contributed by atoms with Crippen LogP contribution in [0.25, 0.3) is 0 Å². The molecule has 1 amide bonds. The Bertz CT molecular complexity index is 935. The van der Waals surface area contributed by atoms with Gasteiger partial charge in [-0.1, -0.05) is 29.8 Å². The zero-order valence-corrected chi connectivity index (χ0v) is 15.7. The number of furan rings is 1. The van der Waals surface area contributed by atoms with Gasteiger partial charge in [-0.05, 0) is 24.6 Å². The van der Waals surface area contributed by atoms with Crippen molar-refractivity contribution in [3.05, 3.63) is 65.7 Å². The van der Waals surface area contributed by atoms with Crippen LogP contribution in [0, 0.1) is 6.92 Å². The molecule has 4 rings (SSSR count). The molecule has 144 valence electrons. The van der Waals surface area contributed by atoms with Crippen molar-refractivity contribution in [2.45, 2.75) is 13.5 Å². The molecule has 0 saturated carbocycles. The molecule has 1 aromatic carbocycles. The Hall–Kier alpha value is -3.42. The predicted molar refractivity (Wildman–Crippen MR) is 105 cm³/mol. The first-order valence-corrected chi connectivity index (χ1v) is 9.26. The van der Waals surface area contributed by atoms with Crippen LogP contribution in [-0.2, 0) is 6.54 Å². The number of hydrogen-bond donors (Lipinski definition) is 1. The van der Waals surface area contributed by atoms with E-state index in [0.717, 1.165) is 5.82 Å². The molecule has 1 saturated heterocycles. The van der Waals surface area contributed by atoms with Crippen molar-refractivity contribution in [1.29, 1.82) is 0 Å². The fourth-order valence-electron chi connectivity index (χ4n) is 3.22. The molecular formula is C20H22N6O2. The number of aromatic nitrogens is 3. The van der Waals surface area contributed by atoms with E-state index in [2.05, 4.69) is 50.5 Å². The number of carbonyl (C=O) groups excluding carboxylic acids is 1. The molecule has 1 aliphatic rings. The van der Waals surface area contributed by atoms with Crippen molar-refractivity contribution in [3.63, 3.8) is 0 Å². The topological polar surface area (TPSA) is 87.4 Å². The predicted octanol–water partition coefficient (Wildman–Crippen LogP) is 2.35. The van der Waals surface area contributed by atoms with Crippen LogP contribution in [0.4, 0.5) is 11.8 Å². The van der Waals surface area contributed by atoms with Crippen LogP contribution in [0.1, 0.15) is 21.7 Å². The minimum Gasteiger partial charge on any atom is -0.459 e. The first kappa shape index (κ1) is 18.0. The highest BCUT2D eigenvalue weighted by Gasteiger charge is 2.24. The van der Waals surface area contributed by atoms with Crippen molar-refractivity contribution in [2.24, 2.45) is 0 Å². The fourth-order valence-corrected chi connectivity index (χ4v) is 3.22. The maximum Gasteiger partial charge on any atom is 0.289 e. The highest BCUT2D eigenvalue weighted by Crippen LogP contribution is 2.16. The van der Waals surface area contributed by atoms with Gasteiger partial charge in [0.05, 0.1) is 12.5 Å². The molecule has 1 aliphatic heterocycles. The SMILES string of the molecule is Cc1cccc(CNc2nncc(N3CCN(C(=O)c4ccco4)CC3)n2)c1. The second kappa shape index (κ2) is 8.08. The summed E-state index contributed by atoms with van der Waals surface area (Å²) < 4.78 is 5.20. The Morgan fingerprint density at radius 1 is 1.18 bits per heavy atom. The molecule has 0 atom stereocenters. The third kappa shape index (κ3) is 4.11. The summed E-state index contributed by atoms with van der Waals surface area (Å²) in [5.74, 6) is 1.55. The average Bonchev–Trinajstić information content (AvgIpc) is 3.27. The molecular weight excluding hydrogens is 356 g/mol. The van der Waals surface area contributed by atoms with Crippen molar-refractivity contribution in [1.82, 2.24) is 20.1 Å². The highest BCUT2D eigenvalue weighted by atomic mass is 16.3. The van der Waals surface area contributed by atoms with Gasteiger partial charge < -0.3 is 19.5 Å². The number of aryl methyl sites for hydroxylation is 1. The number of anilines is 2. The third-order valence-corrected chi connectivity index (χ3v) is 4.70. The molecule has 0 aliphatic carbocycles. The van der Waals surface area contributed by atoms with Gasteiger partial charge in [-0.25, -0.2) is 0 Å². The Kier molecular flexibility index (Phi) is 5.18. The summed E-state index contributed by atoms with van der Waals surface area (Å²) in [5, 5.41) is 11.4. The second-order valence-electron chi connectivity index (χ2n) is 6.74. The van der Waals surface area contributed by atoms with Gasteiger partial charge in [-0.2, -0.15) is 10.1 Å². The Morgan fingerprint density at radius 2 is 2.04 bits per heavy atom. The van der Waals surface area contributed by atoms with E-state index in [9.17, 15) is 4.79 Å². The smallest absolute Gasteiger partial charge is 0.289 e. The number of carbonyl (C=O) groups is 1. The molecule has 0 bridgehead atoms. The number of nitrogens with one attached hydrogen (secondary N) is 1. The zero-order valence-electron chi connectivity index (χ0n) is 15.7. The summed E-state index contributed by atoms with van der Waals surface area (Å²) in [4.78, 5) is 20.8. The quantitative estimate of drug-likeness (QED) is 0.729. The lowest BCUT2D eigenvalue weighted by atomic mass is 10.1. The first-order valence-electron chi connectivity index (χ1n) is 9.26. The number of rotatable bonds is 5. The molecule has 1 N–H and O–H groups in total. The summed E-state index contributed by atoms with van der Waals surface area (Å²) >= 11 is 0. The minimum absolute atomic E-state index is 0.0778. The van der Waals surface area contributed by atoms with Crippen molar-refractivity contribution >= 4 is 17.7 Å². The number of nitrogens with zero attached hydrogens (tertiary/aromatic N) is 5. The molecule has 3 heterocycles. The van der Waals surface area contributed by atoms with Crippen LogP contribution in [0.15, 0.2) is 53.3 Å². The van der Waals surface area contributed by atoms with Crippen LogP contribution >= 0.6 is 0 Å². The van der Waals surface area contributed by atoms with Gasteiger partial charge in [0.1, 0.15) is 0 Å². The molecule has 2 aromatic heterocycles. The van der Waals surface area contributed by atoms with Gasteiger partial charge in [0.15, 0.2) is 11.6 Å². The number of benzene rings is 1. The average molecular weight is 378 g/mol. The lowest BCUT2D eigenvalue weighted by Crippen LogP contribution is -2.49. The summed E-state index contributed by atoms with van der Waals surface area (Å²) in [6, 6.07) is 11.7. The lowest BCUT2D eigenvalue weighted by Gasteiger charge is -2.34. The van der Waals surface area contributed by atoms with Crippen LogP contribution in [0.3, 0.4) is 0 Å². The lowest BCUT2D eigenvalue weighted by molar-refractivity contribution is 0.0714. The Labute approximate surface area is 163 Å². The molecule has 3 aromatic rings. The summed E-state index contributed by atoms with van der Waals surface area (Å²) in [6.45, 7) is 5.28. The number of hydrogen-bond acceptors (Lipinski definition) is 7. The fraction of sp³-hybridized carbons (Fsp3) is 0.300. The van der Waals surface area contributed by atoms with E-state index < -0.39 is 0 Å². The van der Waals surface area contributed by atoms with E-state index in [4.69, 9.17) is 4.42 Å². The normalized spacial score (nSPS) is 14.2. The van der Waals surface area contributed by atoms with E-state index in [1.54, 1.807) is 23.2 Å². The Balaban J connectivity index is 1.35. The van der Waals surface area contributed by atoms with Crippen LogP contribution in [0.2, 0.25) is 0 Å². The summed E-state index contributed by atoms with van der Waals surface area (Å²) in [7, 11) is 0. The molecule has 0 unspecified atom stereocenters. The summed E-state index contributed by atoms with van der Waals surface area (Å²) in [5.41, 5.74) is 2.38. The van der Waals surface area contributed by atoms with Crippen molar-refractivity contribution < 1.29 is 9.21 Å².